The van der Waals surface area contributed by atoms with Crippen molar-refractivity contribution in [2.45, 2.75) is 18.8 Å². The third kappa shape index (κ3) is 2.28. The fourth-order valence-corrected chi connectivity index (χ4v) is 5.61. The third-order valence-corrected chi connectivity index (χ3v) is 6.85. The van der Waals surface area contributed by atoms with Gasteiger partial charge >= 0.3 is 0 Å². The van der Waals surface area contributed by atoms with Crippen LogP contribution >= 0.6 is 0 Å². The van der Waals surface area contributed by atoms with Crippen molar-refractivity contribution >= 4 is 23.6 Å². The molecule has 2 aliphatic heterocycles. The Morgan fingerprint density at radius 3 is 2.00 bits per heavy atom. The molecular weight excluding hydrogens is 380 g/mol. The number of rotatable bonds is 1. The highest BCUT2D eigenvalue weighted by molar-refractivity contribution is 6.06. The van der Waals surface area contributed by atoms with Crippen molar-refractivity contribution in [2.24, 2.45) is 29.6 Å². The fraction of sp³-hybridized carbons (Fsp3) is 0.400. The van der Waals surface area contributed by atoms with E-state index in [0.717, 1.165) is 5.57 Å². The van der Waals surface area contributed by atoms with Crippen LogP contribution in [0.5, 0.6) is 5.75 Å². The Kier molecular flexibility index (Phi) is 3.71. The molecule has 6 atom stereocenters. The lowest BCUT2D eigenvalue weighted by molar-refractivity contribution is -0.174. The molecule has 0 bridgehead atoms. The first kappa shape index (κ1) is 18.0. The zero-order valence-corrected chi connectivity index (χ0v) is 15.1. The van der Waals surface area contributed by atoms with E-state index in [9.17, 15) is 34.7 Å². The van der Waals surface area contributed by atoms with Gasteiger partial charge in [0.2, 0.25) is 0 Å². The molecule has 1 aromatic carbocycles. The number of amides is 4. The Balaban J connectivity index is 1.65. The standard InChI is InChI=1S/C20H18N2O7/c23-9-3-1-8(2-4-9)14-10-5-6-11-15(19(26)21(28)17(11)24)12(10)7-13-16(14)20(27)22(29)18(13)25/h1-5,11-16,23,28-29H,6-7H2. The topological polar surface area (TPSA) is 135 Å². The number of fused-ring (bicyclic) bond motifs is 4. The molecule has 1 aromatic rings. The quantitative estimate of drug-likeness (QED) is 0.362. The number of hydroxylamine groups is 4. The predicted octanol–water partition coefficient (Wildman–Crippen LogP) is 0.807. The van der Waals surface area contributed by atoms with Gasteiger partial charge in [-0.3, -0.25) is 29.6 Å². The highest BCUT2D eigenvalue weighted by Crippen LogP contribution is 2.57. The summed E-state index contributed by atoms with van der Waals surface area (Å²) in [5.41, 5.74) is 1.42. The SMILES string of the molecule is O=C1C2CC=C3C(CC4C(=O)N(O)C(=O)C4C3c3ccc(O)cc3)C2C(=O)N1O. The summed E-state index contributed by atoms with van der Waals surface area (Å²) in [5.74, 6) is -6.97. The van der Waals surface area contributed by atoms with E-state index in [1.54, 1.807) is 12.1 Å². The number of phenolic OH excluding ortho intramolecular Hbond substituents is 1. The van der Waals surface area contributed by atoms with Crippen LogP contribution in [0.2, 0.25) is 0 Å². The lowest BCUT2D eigenvalue weighted by Gasteiger charge is -2.43. The van der Waals surface area contributed by atoms with Gasteiger partial charge in [0, 0.05) is 5.92 Å². The first-order chi connectivity index (χ1) is 13.8. The van der Waals surface area contributed by atoms with Crippen LogP contribution in [0, 0.1) is 29.6 Å². The summed E-state index contributed by atoms with van der Waals surface area (Å²) in [6.07, 6.45) is 2.21. The van der Waals surface area contributed by atoms with Crippen LogP contribution in [0.3, 0.4) is 0 Å². The minimum absolute atomic E-state index is 0.0421. The van der Waals surface area contributed by atoms with Crippen LogP contribution in [0.25, 0.3) is 0 Å². The fourth-order valence-electron chi connectivity index (χ4n) is 5.61. The molecule has 3 fully saturated rings. The van der Waals surface area contributed by atoms with E-state index in [1.807, 2.05) is 6.08 Å². The number of benzene rings is 1. The summed E-state index contributed by atoms with van der Waals surface area (Å²) >= 11 is 0. The number of allylic oxidation sites excluding steroid dienone is 2. The van der Waals surface area contributed by atoms with Crippen molar-refractivity contribution in [1.29, 1.82) is 0 Å². The first-order valence-corrected chi connectivity index (χ1v) is 9.43. The minimum Gasteiger partial charge on any atom is -0.508 e. The van der Waals surface area contributed by atoms with Gasteiger partial charge in [-0.1, -0.05) is 23.8 Å². The van der Waals surface area contributed by atoms with Crippen LogP contribution in [0.1, 0.15) is 24.3 Å². The zero-order valence-electron chi connectivity index (χ0n) is 15.1. The number of nitrogens with zero attached hydrogens (tertiary/aromatic N) is 2. The van der Waals surface area contributed by atoms with Crippen molar-refractivity contribution < 1.29 is 34.7 Å². The maximum atomic E-state index is 12.7. The highest BCUT2D eigenvalue weighted by atomic mass is 16.5. The molecule has 2 saturated heterocycles. The highest BCUT2D eigenvalue weighted by Gasteiger charge is 2.62. The number of carbonyl (C=O) groups is 4. The van der Waals surface area contributed by atoms with Gasteiger partial charge in [-0.2, -0.15) is 10.1 Å². The Hall–Kier alpha value is -3.04. The largest absolute Gasteiger partial charge is 0.508 e. The summed E-state index contributed by atoms with van der Waals surface area (Å²) in [4.78, 5) is 50.0. The Morgan fingerprint density at radius 1 is 0.759 bits per heavy atom. The van der Waals surface area contributed by atoms with E-state index in [0.29, 0.717) is 5.56 Å². The van der Waals surface area contributed by atoms with Gasteiger partial charge in [0.05, 0.1) is 23.7 Å². The Morgan fingerprint density at radius 2 is 1.34 bits per heavy atom. The van der Waals surface area contributed by atoms with Crippen LogP contribution in [0.4, 0.5) is 0 Å². The second-order valence-electron chi connectivity index (χ2n) is 8.09. The average Bonchev–Trinajstić information content (AvgIpc) is 3.07. The molecule has 5 rings (SSSR count). The van der Waals surface area contributed by atoms with Gasteiger partial charge in [0.1, 0.15) is 5.75 Å². The molecule has 4 aliphatic rings. The number of imide groups is 2. The molecule has 0 spiro atoms. The molecule has 150 valence electrons. The number of aromatic hydroxyl groups is 1. The molecule has 4 amide bonds. The molecule has 1 saturated carbocycles. The summed E-state index contributed by atoms with van der Waals surface area (Å²) < 4.78 is 0. The maximum Gasteiger partial charge on any atom is 0.258 e. The normalized spacial score (nSPS) is 36.1. The Bertz CT molecular complexity index is 985. The van der Waals surface area contributed by atoms with Gasteiger partial charge in [-0.25, -0.2) is 0 Å². The molecule has 29 heavy (non-hydrogen) atoms. The summed E-state index contributed by atoms with van der Waals surface area (Å²) in [5, 5.41) is 29.7. The number of carbonyl (C=O) groups excluding carboxylic acids is 4. The van der Waals surface area contributed by atoms with Crippen molar-refractivity contribution in [1.82, 2.24) is 10.1 Å². The molecule has 9 nitrogen and oxygen atoms in total. The van der Waals surface area contributed by atoms with Gasteiger partial charge in [-0.05, 0) is 36.5 Å². The van der Waals surface area contributed by atoms with Gasteiger partial charge in [0.25, 0.3) is 23.6 Å². The second-order valence-corrected chi connectivity index (χ2v) is 8.09. The maximum absolute atomic E-state index is 12.7. The molecule has 9 heteroatoms. The van der Waals surface area contributed by atoms with Gasteiger partial charge < -0.3 is 5.11 Å². The van der Waals surface area contributed by atoms with E-state index in [1.165, 1.54) is 12.1 Å². The lowest BCUT2D eigenvalue weighted by Crippen LogP contribution is -2.42. The van der Waals surface area contributed by atoms with Gasteiger partial charge in [-0.15, -0.1) is 0 Å². The molecule has 2 aliphatic carbocycles. The minimum atomic E-state index is -0.831. The van der Waals surface area contributed by atoms with E-state index in [-0.39, 0.29) is 28.7 Å². The van der Waals surface area contributed by atoms with E-state index < -0.39 is 59.1 Å². The predicted molar refractivity (Wildman–Crippen MR) is 92.9 cm³/mol. The van der Waals surface area contributed by atoms with Crippen molar-refractivity contribution in [3.63, 3.8) is 0 Å². The zero-order chi connectivity index (χ0) is 20.6. The first-order valence-electron chi connectivity index (χ1n) is 9.43. The van der Waals surface area contributed by atoms with Gasteiger partial charge in [0.15, 0.2) is 0 Å². The third-order valence-electron chi connectivity index (χ3n) is 6.85. The second kappa shape index (κ2) is 5.98. The summed E-state index contributed by atoms with van der Waals surface area (Å²) in [6, 6.07) is 6.23. The van der Waals surface area contributed by atoms with Crippen LogP contribution < -0.4 is 0 Å². The monoisotopic (exact) mass is 398 g/mol. The summed E-state index contributed by atoms with van der Waals surface area (Å²) in [6.45, 7) is 0. The van der Waals surface area contributed by atoms with Crippen molar-refractivity contribution in [3.05, 3.63) is 41.5 Å². The Labute approximate surface area is 164 Å². The van der Waals surface area contributed by atoms with Crippen molar-refractivity contribution in [3.8, 4) is 5.75 Å². The molecule has 6 unspecified atom stereocenters. The number of hydrogen-bond acceptors (Lipinski definition) is 7. The van der Waals surface area contributed by atoms with Crippen molar-refractivity contribution in [2.75, 3.05) is 0 Å². The number of hydrogen-bond donors (Lipinski definition) is 3. The molecule has 3 N–H and O–H groups in total. The van der Waals surface area contributed by atoms with E-state index >= 15 is 0 Å². The lowest BCUT2D eigenvalue weighted by atomic mass is 9.57. The van der Waals surface area contributed by atoms with Crippen LogP contribution in [0.15, 0.2) is 35.9 Å². The van der Waals surface area contributed by atoms with E-state index in [4.69, 9.17) is 0 Å². The molecule has 2 heterocycles. The number of phenols is 1. The summed E-state index contributed by atoms with van der Waals surface area (Å²) in [7, 11) is 0. The van der Waals surface area contributed by atoms with Crippen LogP contribution in [-0.4, -0.2) is 49.3 Å². The molecular formula is C20H18N2O7. The molecule has 0 radical (unpaired) electrons. The average molecular weight is 398 g/mol. The van der Waals surface area contributed by atoms with Crippen LogP contribution in [-0.2, 0) is 19.2 Å². The van der Waals surface area contributed by atoms with E-state index in [2.05, 4.69) is 0 Å². The smallest absolute Gasteiger partial charge is 0.258 e. The molecule has 0 aromatic heterocycles.